The van der Waals surface area contributed by atoms with Crippen molar-refractivity contribution in [1.82, 2.24) is 14.5 Å². The Morgan fingerprint density at radius 2 is 1.33 bits per heavy atom. The number of allylic oxidation sites excluding steroid dienone is 1. The maximum atomic E-state index is 5.80. The minimum atomic E-state index is -0.404. The normalized spacial score (nSPS) is 15.6. The zero-order valence-corrected chi connectivity index (χ0v) is 29.8. The average Bonchev–Trinajstić information content (AvgIpc) is 3.88. The van der Waals surface area contributed by atoms with E-state index in [1.807, 2.05) is 23.5 Å². The second-order valence-corrected chi connectivity index (χ2v) is 15.7. The summed E-state index contributed by atoms with van der Waals surface area (Å²) in [5.41, 5.74) is 13.1. The van der Waals surface area contributed by atoms with E-state index in [0.717, 1.165) is 57.6 Å². The third-order valence-electron chi connectivity index (χ3n) is 11.8. The van der Waals surface area contributed by atoms with Crippen LogP contribution in [0.2, 0.25) is 0 Å². The van der Waals surface area contributed by atoms with Crippen molar-refractivity contribution in [2.45, 2.75) is 19.1 Å². The highest BCUT2D eigenvalue weighted by molar-refractivity contribution is 7.16. The molecular formula is C48H29N5S. The van der Waals surface area contributed by atoms with E-state index in [1.54, 1.807) is 0 Å². The third kappa shape index (κ3) is 3.75. The molecule has 10 aromatic rings. The molecule has 3 aliphatic rings. The van der Waals surface area contributed by atoms with E-state index in [1.165, 1.54) is 75.2 Å². The Hall–Kier alpha value is -6.63. The van der Waals surface area contributed by atoms with Crippen molar-refractivity contribution in [1.29, 1.82) is 0 Å². The fraction of sp³-hybridized carbons (Fsp3) is 0.0625. The fourth-order valence-electron chi connectivity index (χ4n) is 9.48. The molecule has 0 amide bonds. The number of aliphatic imine (C=N–C) groups is 1. The summed E-state index contributed by atoms with van der Waals surface area (Å²) < 4.78 is 2.48. The molecule has 1 unspecified atom stereocenters. The van der Waals surface area contributed by atoms with E-state index >= 15 is 0 Å². The standard InChI is InChI=1S/C48H29N5S/c1-3-14-28-26(11-1)13-9-17-30(28)44-47-45(31-16-5-8-22-39(31)54-47)52-48(51-44)53-38-25-35-40-32(41(38)34-24-23-27-12-2-4-15-29(27)46(34)53)18-10-19-33(40)42-43(35)50-37-21-7-6-20-36(37)49-42/h1-4,6-15,17-25,48,52H,5,16H2. The number of anilines is 1. The van der Waals surface area contributed by atoms with Gasteiger partial charge in [-0.2, -0.15) is 0 Å². The summed E-state index contributed by atoms with van der Waals surface area (Å²) >= 11 is 1.86. The van der Waals surface area contributed by atoms with Gasteiger partial charge in [-0.15, -0.1) is 11.3 Å². The number of hydrogen-bond donors (Lipinski definition) is 1. The van der Waals surface area contributed by atoms with Gasteiger partial charge in [0.1, 0.15) is 0 Å². The Kier molecular flexibility index (Phi) is 5.62. The van der Waals surface area contributed by atoms with E-state index in [2.05, 4.69) is 137 Å². The number of aromatic nitrogens is 3. The van der Waals surface area contributed by atoms with Gasteiger partial charge in [0.2, 0.25) is 6.29 Å². The second-order valence-electron chi connectivity index (χ2n) is 14.6. The fourth-order valence-corrected chi connectivity index (χ4v) is 10.7. The molecular weight excluding hydrogens is 679 g/mol. The van der Waals surface area contributed by atoms with Gasteiger partial charge in [0.25, 0.3) is 0 Å². The van der Waals surface area contributed by atoms with Gasteiger partial charge in [0, 0.05) is 43.1 Å². The molecule has 1 aliphatic heterocycles. The van der Waals surface area contributed by atoms with E-state index in [4.69, 9.17) is 15.0 Å². The number of benzene rings is 7. The minimum Gasteiger partial charge on any atom is -0.345 e. The zero-order valence-electron chi connectivity index (χ0n) is 29.0. The number of para-hydroxylation sites is 2. The number of rotatable bonds is 2. The van der Waals surface area contributed by atoms with Crippen molar-refractivity contribution in [3.63, 3.8) is 0 Å². The van der Waals surface area contributed by atoms with Gasteiger partial charge in [0.15, 0.2) is 0 Å². The van der Waals surface area contributed by atoms with Crippen LogP contribution in [0.4, 0.5) is 5.69 Å². The zero-order chi connectivity index (χ0) is 35.1. The third-order valence-corrected chi connectivity index (χ3v) is 13.0. The first-order chi connectivity index (χ1) is 26.8. The number of hydrogen-bond acceptors (Lipinski definition) is 5. The van der Waals surface area contributed by atoms with E-state index in [9.17, 15) is 0 Å². The lowest BCUT2D eigenvalue weighted by molar-refractivity contribution is 0.625. The summed E-state index contributed by atoms with van der Waals surface area (Å²) in [6.07, 6.45) is 6.26. The predicted molar refractivity (Wildman–Crippen MR) is 226 cm³/mol. The van der Waals surface area contributed by atoms with Crippen LogP contribution >= 0.6 is 11.3 Å². The highest BCUT2D eigenvalue weighted by atomic mass is 32.1. The largest absolute Gasteiger partial charge is 0.345 e. The lowest BCUT2D eigenvalue weighted by Gasteiger charge is -2.28. The lowest BCUT2D eigenvalue weighted by atomic mass is 9.96. The molecule has 0 fully saturated rings. The molecule has 1 atom stereocenters. The summed E-state index contributed by atoms with van der Waals surface area (Å²) in [6, 6.07) is 45.9. The van der Waals surface area contributed by atoms with Crippen molar-refractivity contribution in [3.8, 4) is 22.5 Å². The highest BCUT2D eigenvalue weighted by Crippen LogP contribution is 2.52. The van der Waals surface area contributed by atoms with E-state index in [0.29, 0.717) is 0 Å². The van der Waals surface area contributed by atoms with Crippen molar-refractivity contribution < 1.29 is 0 Å². The smallest absolute Gasteiger partial charge is 0.201 e. The summed E-state index contributed by atoms with van der Waals surface area (Å²) in [5.74, 6) is 0. The predicted octanol–water partition coefficient (Wildman–Crippen LogP) is 12.3. The van der Waals surface area contributed by atoms with E-state index in [-0.39, 0.29) is 0 Å². The molecule has 4 heterocycles. The molecule has 0 saturated heterocycles. The summed E-state index contributed by atoms with van der Waals surface area (Å²) in [4.78, 5) is 18.8. The van der Waals surface area contributed by atoms with Gasteiger partial charge in [-0.05, 0) is 64.2 Å². The molecule has 6 heteroatoms. The molecule has 252 valence electrons. The Bertz CT molecular complexity index is 3380. The Morgan fingerprint density at radius 3 is 2.20 bits per heavy atom. The molecule has 2 aliphatic carbocycles. The van der Waals surface area contributed by atoms with Crippen molar-refractivity contribution in [3.05, 3.63) is 154 Å². The molecule has 0 bridgehead atoms. The Balaban J connectivity index is 1.17. The first-order valence-corrected chi connectivity index (χ1v) is 19.4. The van der Waals surface area contributed by atoms with Crippen LogP contribution in [-0.2, 0) is 6.42 Å². The Morgan fingerprint density at radius 1 is 0.630 bits per heavy atom. The van der Waals surface area contributed by atoms with Crippen LogP contribution in [0, 0.1) is 0 Å². The lowest BCUT2D eigenvalue weighted by Crippen LogP contribution is -2.24. The Labute approximate surface area is 313 Å². The van der Waals surface area contributed by atoms with Crippen LogP contribution in [0.5, 0.6) is 0 Å². The number of nitrogens with one attached hydrogen (secondary N) is 1. The molecule has 1 N–H and O–H groups in total. The summed E-state index contributed by atoms with van der Waals surface area (Å²) in [5, 5.41) is 13.8. The number of thiophene rings is 1. The molecule has 7 aromatic carbocycles. The van der Waals surface area contributed by atoms with Crippen molar-refractivity contribution >= 4 is 94.0 Å². The highest BCUT2D eigenvalue weighted by Gasteiger charge is 2.34. The van der Waals surface area contributed by atoms with Crippen LogP contribution in [0.25, 0.3) is 93.7 Å². The van der Waals surface area contributed by atoms with Gasteiger partial charge in [0.05, 0.1) is 49.7 Å². The maximum Gasteiger partial charge on any atom is 0.201 e. The van der Waals surface area contributed by atoms with Gasteiger partial charge < -0.3 is 9.88 Å². The number of nitrogens with zero attached hydrogens (tertiary/aromatic N) is 4. The molecule has 3 aromatic heterocycles. The first kappa shape index (κ1) is 28.9. The van der Waals surface area contributed by atoms with E-state index < -0.39 is 6.29 Å². The molecule has 0 spiro atoms. The van der Waals surface area contributed by atoms with Crippen LogP contribution in [0.15, 0.2) is 138 Å². The quantitative estimate of drug-likeness (QED) is 0.195. The molecule has 0 saturated carbocycles. The monoisotopic (exact) mass is 707 g/mol. The van der Waals surface area contributed by atoms with Crippen LogP contribution in [0.1, 0.15) is 33.6 Å². The maximum absolute atomic E-state index is 5.80. The van der Waals surface area contributed by atoms with Gasteiger partial charge in [-0.3, -0.25) is 0 Å². The number of fused-ring (bicyclic) bond motifs is 14. The molecule has 54 heavy (non-hydrogen) atoms. The summed E-state index contributed by atoms with van der Waals surface area (Å²) in [6.45, 7) is 0. The first-order valence-electron chi connectivity index (χ1n) is 18.6. The molecule has 5 nitrogen and oxygen atoms in total. The topological polar surface area (TPSA) is 55.1 Å². The summed E-state index contributed by atoms with van der Waals surface area (Å²) in [7, 11) is 0. The molecule has 0 radical (unpaired) electrons. The van der Waals surface area contributed by atoms with Gasteiger partial charge in [-0.1, -0.05) is 115 Å². The van der Waals surface area contributed by atoms with Crippen molar-refractivity contribution in [2.75, 3.05) is 5.32 Å². The van der Waals surface area contributed by atoms with Crippen molar-refractivity contribution in [2.24, 2.45) is 4.99 Å². The van der Waals surface area contributed by atoms with Gasteiger partial charge >= 0.3 is 0 Å². The molecule has 13 rings (SSSR count). The average molecular weight is 708 g/mol. The van der Waals surface area contributed by atoms with Gasteiger partial charge in [-0.25, -0.2) is 15.0 Å². The van der Waals surface area contributed by atoms with Crippen LogP contribution in [0.3, 0.4) is 0 Å². The second kappa shape index (κ2) is 10.5. The SMILES string of the molecule is C1=Cc2sc3c(c2CC1)NC(n1c2cc4c5c(cccc5c2c2ccc5ccccc5c21)-c1nc2ccccc2nc1-4)N=C3c1cccc2ccccc12. The van der Waals surface area contributed by atoms with Crippen LogP contribution in [-0.4, -0.2) is 20.2 Å². The minimum absolute atomic E-state index is 0.404. The van der Waals surface area contributed by atoms with Crippen LogP contribution < -0.4 is 5.32 Å².